The number of carbonyl (C=O) groups is 1. The summed E-state index contributed by atoms with van der Waals surface area (Å²) in [7, 11) is 1.69. The van der Waals surface area contributed by atoms with Crippen molar-refractivity contribution >= 4 is 16.9 Å². The van der Waals surface area contributed by atoms with Crippen molar-refractivity contribution in [1.29, 1.82) is 0 Å². The lowest BCUT2D eigenvalue weighted by Crippen LogP contribution is -2.25. The highest BCUT2D eigenvalue weighted by Gasteiger charge is 2.28. The molecule has 0 aliphatic heterocycles. The third kappa shape index (κ3) is 4.97. The van der Waals surface area contributed by atoms with Gasteiger partial charge >= 0.3 is 0 Å². The second kappa shape index (κ2) is 9.12. The average molecular weight is 392 g/mol. The summed E-state index contributed by atoms with van der Waals surface area (Å²) in [5.74, 6) is 2.54. The van der Waals surface area contributed by atoms with Gasteiger partial charge < -0.3 is 14.6 Å². The Morgan fingerprint density at radius 1 is 1.10 bits per heavy atom. The van der Waals surface area contributed by atoms with Gasteiger partial charge in [-0.1, -0.05) is 30.7 Å². The molecule has 3 aromatic rings. The zero-order chi connectivity index (χ0) is 20.1. The van der Waals surface area contributed by atoms with Crippen LogP contribution in [0.25, 0.3) is 11.0 Å². The van der Waals surface area contributed by atoms with E-state index in [2.05, 4.69) is 40.2 Å². The van der Waals surface area contributed by atoms with Gasteiger partial charge in [0.05, 0.1) is 18.1 Å². The molecule has 5 nitrogen and oxygen atoms in total. The first kappa shape index (κ1) is 19.5. The van der Waals surface area contributed by atoms with Crippen LogP contribution in [-0.2, 0) is 17.8 Å². The molecule has 0 radical (unpaired) electrons. The Labute approximate surface area is 172 Å². The van der Waals surface area contributed by atoms with Crippen LogP contribution in [0.4, 0.5) is 0 Å². The standard InChI is InChI=1S/C24H29N3O2/c1-29-20-14-10-18(11-15-20)17-27-22-8-5-4-7-21(22)26-23(27)9-3-2-6-16-25-24(28)19-12-13-19/h4-5,7-8,10-11,14-15,19H,2-3,6,9,12-13,16-17H2,1H3,(H,25,28). The minimum atomic E-state index is 0.242. The van der Waals surface area contributed by atoms with Crippen LogP contribution in [0.5, 0.6) is 5.75 Å². The predicted molar refractivity (Wildman–Crippen MR) is 115 cm³/mol. The van der Waals surface area contributed by atoms with Gasteiger partial charge in [-0.15, -0.1) is 0 Å². The Morgan fingerprint density at radius 2 is 1.90 bits per heavy atom. The molecule has 1 heterocycles. The molecule has 0 unspecified atom stereocenters. The number of rotatable bonds is 10. The van der Waals surface area contributed by atoms with E-state index in [4.69, 9.17) is 9.72 Å². The van der Waals surface area contributed by atoms with E-state index in [1.807, 2.05) is 18.2 Å². The highest BCUT2D eigenvalue weighted by atomic mass is 16.5. The number of nitrogens with zero attached hydrogens (tertiary/aromatic N) is 2. The SMILES string of the molecule is COc1ccc(Cn2c(CCCCCNC(=O)C3CC3)nc3ccccc32)cc1. The number of amides is 1. The molecule has 152 valence electrons. The third-order valence-electron chi connectivity index (χ3n) is 5.56. The maximum Gasteiger partial charge on any atom is 0.223 e. The Morgan fingerprint density at radius 3 is 2.66 bits per heavy atom. The lowest BCUT2D eigenvalue weighted by atomic mass is 10.1. The van der Waals surface area contributed by atoms with Crippen LogP contribution in [0.1, 0.15) is 43.5 Å². The molecule has 1 aliphatic rings. The Bertz CT molecular complexity index is 958. The van der Waals surface area contributed by atoms with Gasteiger partial charge in [-0.05, 0) is 55.5 Å². The first-order valence-corrected chi connectivity index (χ1v) is 10.6. The van der Waals surface area contributed by atoms with Gasteiger partial charge in [0.25, 0.3) is 0 Å². The van der Waals surface area contributed by atoms with E-state index in [1.54, 1.807) is 7.11 Å². The summed E-state index contributed by atoms with van der Waals surface area (Å²) >= 11 is 0. The van der Waals surface area contributed by atoms with Crippen molar-refractivity contribution in [2.75, 3.05) is 13.7 Å². The second-order valence-corrected chi connectivity index (χ2v) is 7.83. The first-order chi connectivity index (χ1) is 14.2. The van der Waals surface area contributed by atoms with E-state index >= 15 is 0 Å². The normalized spacial score (nSPS) is 13.6. The maximum atomic E-state index is 11.7. The number of benzene rings is 2. The van der Waals surface area contributed by atoms with Crippen molar-refractivity contribution in [1.82, 2.24) is 14.9 Å². The lowest BCUT2D eigenvalue weighted by Gasteiger charge is -2.10. The number of nitrogens with one attached hydrogen (secondary N) is 1. The minimum Gasteiger partial charge on any atom is -0.497 e. The largest absolute Gasteiger partial charge is 0.497 e. The van der Waals surface area contributed by atoms with Gasteiger partial charge in [0, 0.05) is 25.4 Å². The number of hydrogen-bond donors (Lipinski definition) is 1. The molecule has 1 aromatic heterocycles. The number of imidazole rings is 1. The number of hydrogen-bond acceptors (Lipinski definition) is 3. The number of para-hydroxylation sites is 2. The average Bonchev–Trinajstić information content (AvgIpc) is 3.55. The lowest BCUT2D eigenvalue weighted by molar-refractivity contribution is -0.122. The molecule has 4 rings (SSSR count). The van der Waals surface area contributed by atoms with Crippen molar-refractivity contribution in [3.05, 3.63) is 59.9 Å². The van der Waals surface area contributed by atoms with E-state index in [-0.39, 0.29) is 5.91 Å². The van der Waals surface area contributed by atoms with E-state index in [9.17, 15) is 4.79 Å². The topological polar surface area (TPSA) is 56.1 Å². The molecule has 2 aromatic carbocycles. The zero-order valence-electron chi connectivity index (χ0n) is 17.1. The van der Waals surface area contributed by atoms with Crippen molar-refractivity contribution in [2.24, 2.45) is 5.92 Å². The van der Waals surface area contributed by atoms with Gasteiger partial charge in [-0.3, -0.25) is 4.79 Å². The number of ether oxygens (including phenoxy) is 1. The number of unbranched alkanes of at least 4 members (excludes halogenated alkanes) is 2. The van der Waals surface area contributed by atoms with E-state index < -0.39 is 0 Å². The summed E-state index contributed by atoms with van der Waals surface area (Å²) in [4.78, 5) is 16.6. The Hall–Kier alpha value is -2.82. The van der Waals surface area contributed by atoms with E-state index in [0.717, 1.165) is 68.7 Å². The minimum absolute atomic E-state index is 0.242. The number of aryl methyl sites for hydroxylation is 1. The molecular weight excluding hydrogens is 362 g/mol. The number of carbonyl (C=O) groups excluding carboxylic acids is 1. The Kier molecular flexibility index (Phi) is 6.13. The fourth-order valence-electron chi connectivity index (χ4n) is 3.69. The maximum absolute atomic E-state index is 11.7. The van der Waals surface area contributed by atoms with Gasteiger partial charge in [-0.2, -0.15) is 0 Å². The summed E-state index contributed by atoms with van der Waals surface area (Å²) in [6.07, 6.45) is 6.27. The summed E-state index contributed by atoms with van der Waals surface area (Å²) in [5, 5.41) is 3.05. The molecular formula is C24H29N3O2. The summed E-state index contributed by atoms with van der Waals surface area (Å²) in [6, 6.07) is 16.6. The molecule has 1 aliphatic carbocycles. The smallest absolute Gasteiger partial charge is 0.223 e. The molecule has 1 fully saturated rings. The molecule has 1 N–H and O–H groups in total. The quantitative estimate of drug-likeness (QED) is 0.523. The molecule has 29 heavy (non-hydrogen) atoms. The number of aromatic nitrogens is 2. The molecule has 0 bridgehead atoms. The summed E-state index contributed by atoms with van der Waals surface area (Å²) < 4.78 is 7.59. The van der Waals surface area contributed by atoms with Crippen LogP contribution in [-0.4, -0.2) is 29.1 Å². The molecule has 5 heteroatoms. The van der Waals surface area contributed by atoms with Crippen LogP contribution in [0, 0.1) is 5.92 Å². The fraction of sp³-hybridized carbons (Fsp3) is 0.417. The third-order valence-corrected chi connectivity index (χ3v) is 5.56. The van der Waals surface area contributed by atoms with Crippen LogP contribution in [0.3, 0.4) is 0 Å². The van der Waals surface area contributed by atoms with Crippen molar-refractivity contribution in [3.8, 4) is 5.75 Å². The van der Waals surface area contributed by atoms with Crippen LogP contribution < -0.4 is 10.1 Å². The molecule has 0 saturated heterocycles. The van der Waals surface area contributed by atoms with E-state index in [0.29, 0.717) is 5.92 Å². The zero-order valence-corrected chi connectivity index (χ0v) is 17.1. The van der Waals surface area contributed by atoms with Gasteiger partial charge in [-0.25, -0.2) is 4.98 Å². The van der Waals surface area contributed by atoms with Gasteiger partial charge in [0.1, 0.15) is 11.6 Å². The number of fused-ring (bicyclic) bond motifs is 1. The van der Waals surface area contributed by atoms with E-state index in [1.165, 1.54) is 11.1 Å². The van der Waals surface area contributed by atoms with Crippen LogP contribution in [0.15, 0.2) is 48.5 Å². The molecule has 0 spiro atoms. The number of methoxy groups -OCH3 is 1. The highest BCUT2D eigenvalue weighted by molar-refractivity contribution is 5.80. The molecule has 0 atom stereocenters. The Balaban J connectivity index is 1.37. The monoisotopic (exact) mass is 391 g/mol. The summed E-state index contributed by atoms with van der Waals surface area (Å²) in [6.45, 7) is 1.59. The van der Waals surface area contributed by atoms with Crippen molar-refractivity contribution in [2.45, 2.75) is 45.1 Å². The molecule has 1 amide bonds. The predicted octanol–water partition coefficient (Wildman–Crippen LogP) is 4.33. The van der Waals surface area contributed by atoms with Crippen LogP contribution in [0.2, 0.25) is 0 Å². The van der Waals surface area contributed by atoms with Crippen LogP contribution >= 0.6 is 0 Å². The fourth-order valence-corrected chi connectivity index (χ4v) is 3.69. The van der Waals surface area contributed by atoms with Gasteiger partial charge in [0.2, 0.25) is 5.91 Å². The summed E-state index contributed by atoms with van der Waals surface area (Å²) in [5.41, 5.74) is 3.46. The van der Waals surface area contributed by atoms with Crippen molar-refractivity contribution < 1.29 is 9.53 Å². The second-order valence-electron chi connectivity index (χ2n) is 7.83. The van der Waals surface area contributed by atoms with Gasteiger partial charge in [0.15, 0.2) is 0 Å². The first-order valence-electron chi connectivity index (χ1n) is 10.6. The molecule has 1 saturated carbocycles. The van der Waals surface area contributed by atoms with Crippen molar-refractivity contribution in [3.63, 3.8) is 0 Å². The highest BCUT2D eigenvalue weighted by Crippen LogP contribution is 2.28.